The van der Waals surface area contributed by atoms with Crippen molar-refractivity contribution in [3.8, 4) is 5.75 Å². The van der Waals surface area contributed by atoms with E-state index in [1.807, 2.05) is 36.4 Å². The Balaban J connectivity index is 1.90. The Kier molecular flexibility index (Phi) is 6.62. The molecular formula is C18H22BrN2O2+. The second kappa shape index (κ2) is 8.70. The van der Waals surface area contributed by atoms with Crippen molar-refractivity contribution in [2.45, 2.75) is 19.4 Å². The van der Waals surface area contributed by atoms with Gasteiger partial charge in [0.1, 0.15) is 11.8 Å². The Morgan fingerprint density at radius 3 is 2.65 bits per heavy atom. The molecule has 0 unspecified atom stereocenters. The highest BCUT2D eigenvalue weighted by Crippen LogP contribution is 2.17. The van der Waals surface area contributed by atoms with Crippen LogP contribution >= 0.6 is 15.9 Å². The first kappa shape index (κ1) is 17.5. The number of amides is 1. The Hall–Kier alpha value is -1.85. The topological polar surface area (TPSA) is 54.9 Å². The van der Waals surface area contributed by atoms with Crippen LogP contribution in [0.3, 0.4) is 0 Å². The molecule has 5 heteroatoms. The van der Waals surface area contributed by atoms with Crippen LogP contribution in [0.25, 0.3) is 0 Å². The number of hydrogen-bond acceptors (Lipinski definition) is 2. The quantitative estimate of drug-likeness (QED) is 0.778. The number of rotatable bonds is 7. The highest BCUT2D eigenvalue weighted by molar-refractivity contribution is 9.10. The van der Waals surface area contributed by atoms with E-state index in [1.165, 1.54) is 5.56 Å². The zero-order valence-electron chi connectivity index (χ0n) is 13.4. The first-order valence-electron chi connectivity index (χ1n) is 7.65. The maximum absolute atomic E-state index is 12.1. The number of methoxy groups -OCH3 is 1. The third-order valence-electron chi connectivity index (χ3n) is 3.68. The molecule has 122 valence electrons. The summed E-state index contributed by atoms with van der Waals surface area (Å²) < 4.78 is 6.22. The minimum absolute atomic E-state index is 0.0196. The normalized spacial score (nSPS) is 11.8. The smallest absolute Gasteiger partial charge is 0.279 e. The molecule has 4 nitrogen and oxygen atoms in total. The van der Waals surface area contributed by atoms with Gasteiger partial charge in [-0.15, -0.1) is 0 Å². The summed E-state index contributed by atoms with van der Waals surface area (Å²) in [5.41, 5.74) is 1.98. The van der Waals surface area contributed by atoms with E-state index in [2.05, 4.69) is 45.6 Å². The summed E-state index contributed by atoms with van der Waals surface area (Å²) in [6.07, 6.45) is 0.966. The standard InChI is InChI=1S/C18H21BrN2O2/c1-3-17(13-7-9-14(19)10-8-13)20-12-18(22)21-15-5-4-6-16(11-15)23-2/h4-11,17,20H,3,12H2,1-2H3,(H,21,22)/p+1/t17-/m0/s1. The number of halogens is 1. The fourth-order valence-electron chi connectivity index (χ4n) is 2.41. The average molecular weight is 378 g/mol. The molecule has 0 spiro atoms. The number of quaternary nitrogens is 1. The molecule has 2 aromatic carbocycles. The van der Waals surface area contributed by atoms with Gasteiger partial charge in [-0.1, -0.05) is 41.1 Å². The minimum Gasteiger partial charge on any atom is -0.497 e. The third-order valence-corrected chi connectivity index (χ3v) is 4.21. The van der Waals surface area contributed by atoms with Gasteiger partial charge in [-0.25, -0.2) is 0 Å². The first-order valence-corrected chi connectivity index (χ1v) is 8.44. The SMILES string of the molecule is CC[C@H]([NH2+]CC(=O)Nc1cccc(OC)c1)c1ccc(Br)cc1. The fourth-order valence-corrected chi connectivity index (χ4v) is 2.67. The van der Waals surface area contributed by atoms with E-state index < -0.39 is 0 Å². The van der Waals surface area contributed by atoms with Gasteiger partial charge in [-0.3, -0.25) is 4.79 Å². The molecule has 0 aromatic heterocycles. The lowest BCUT2D eigenvalue weighted by atomic mass is 10.0. The van der Waals surface area contributed by atoms with Crippen LogP contribution in [0.4, 0.5) is 5.69 Å². The summed E-state index contributed by atoms with van der Waals surface area (Å²) in [6, 6.07) is 15.9. The van der Waals surface area contributed by atoms with Crippen molar-refractivity contribution in [1.29, 1.82) is 0 Å². The Labute approximate surface area is 145 Å². The van der Waals surface area contributed by atoms with Crippen LogP contribution in [0.15, 0.2) is 53.0 Å². The van der Waals surface area contributed by atoms with Crippen LogP contribution in [0, 0.1) is 0 Å². The van der Waals surface area contributed by atoms with Crippen molar-refractivity contribution >= 4 is 27.5 Å². The molecule has 0 aliphatic heterocycles. The number of ether oxygens (including phenoxy) is 1. The second-order valence-electron chi connectivity index (χ2n) is 5.29. The number of nitrogens with one attached hydrogen (secondary N) is 1. The molecule has 2 rings (SSSR count). The summed E-state index contributed by atoms with van der Waals surface area (Å²) in [5, 5.41) is 4.97. The van der Waals surface area contributed by atoms with Crippen LogP contribution in [-0.4, -0.2) is 19.6 Å². The van der Waals surface area contributed by atoms with Crippen molar-refractivity contribution in [2.24, 2.45) is 0 Å². The summed E-state index contributed by atoms with van der Waals surface area (Å²) in [5.74, 6) is 0.710. The van der Waals surface area contributed by atoms with E-state index in [0.29, 0.717) is 6.54 Å². The Bertz CT molecular complexity index is 644. The van der Waals surface area contributed by atoms with Gasteiger partial charge in [0.2, 0.25) is 0 Å². The lowest BCUT2D eigenvalue weighted by Gasteiger charge is -2.14. The van der Waals surface area contributed by atoms with Crippen LogP contribution in [0.2, 0.25) is 0 Å². The zero-order valence-corrected chi connectivity index (χ0v) is 15.0. The third kappa shape index (κ3) is 5.37. The van der Waals surface area contributed by atoms with Crippen molar-refractivity contribution in [2.75, 3.05) is 19.0 Å². The molecule has 0 bridgehead atoms. The Morgan fingerprint density at radius 2 is 2.00 bits per heavy atom. The molecule has 2 aromatic rings. The van der Waals surface area contributed by atoms with Gasteiger partial charge in [0, 0.05) is 28.2 Å². The zero-order chi connectivity index (χ0) is 16.7. The molecule has 3 N–H and O–H groups in total. The lowest BCUT2D eigenvalue weighted by molar-refractivity contribution is -0.686. The van der Waals surface area contributed by atoms with Crippen LogP contribution in [0.1, 0.15) is 24.9 Å². The van der Waals surface area contributed by atoms with Gasteiger partial charge in [-0.05, 0) is 24.3 Å². The molecule has 1 amide bonds. The van der Waals surface area contributed by atoms with Gasteiger partial charge in [0.15, 0.2) is 6.54 Å². The predicted molar refractivity (Wildman–Crippen MR) is 95.6 cm³/mol. The van der Waals surface area contributed by atoms with E-state index in [9.17, 15) is 4.79 Å². The summed E-state index contributed by atoms with van der Waals surface area (Å²) in [7, 11) is 1.61. The number of carbonyl (C=O) groups is 1. The summed E-state index contributed by atoms with van der Waals surface area (Å²) >= 11 is 3.44. The largest absolute Gasteiger partial charge is 0.497 e. The van der Waals surface area contributed by atoms with Crippen molar-refractivity contribution in [3.05, 3.63) is 58.6 Å². The minimum atomic E-state index is -0.0196. The Morgan fingerprint density at radius 1 is 1.26 bits per heavy atom. The monoisotopic (exact) mass is 377 g/mol. The maximum Gasteiger partial charge on any atom is 0.279 e. The van der Waals surface area contributed by atoms with Crippen LogP contribution in [0.5, 0.6) is 5.75 Å². The molecule has 0 aliphatic rings. The molecule has 0 saturated carbocycles. The molecule has 0 aliphatic carbocycles. The lowest BCUT2D eigenvalue weighted by Crippen LogP contribution is -2.87. The van der Waals surface area contributed by atoms with E-state index in [1.54, 1.807) is 7.11 Å². The van der Waals surface area contributed by atoms with Gasteiger partial charge < -0.3 is 15.4 Å². The van der Waals surface area contributed by atoms with Gasteiger partial charge in [0.05, 0.1) is 7.11 Å². The molecule has 23 heavy (non-hydrogen) atoms. The van der Waals surface area contributed by atoms with Gasteiger partial charge in [-0.2, -0.15) is 0 Å². The molecule has 0 saturated heterocycles. The van der Waals surface area contributed by atoms with E-state index in [0.717, 1.165) is 22.3 Å². The first-order chi connectivity index (χ1) is 11.1. The van der Waals surface area contributed by atoms with Gasteiger partial charge in [0.25, 0.3) is 5.91 Å². The number of hydrogen-bond donors (Lipinski definition) is 2. The number of carbonyl (C=O) groups excluding carboxylic acids is 1. The van der Waals surface area contributed by atoms with Crippen molar-refractivity contribution in [1.82, 2.24) is 0 Å². The highest BCUT2D eigenvalue weighted by Gasteiger charge is 2.14. The average Bonchev–Trinajstić information content (AvgIpc) is 2.57. The predicted octanol–water partition coefficient (Wildman–Crippen LogP) is 3.11. The second-order valence-corrected chi connectivity index (χ2v) is 6.20. The number of nitrogens with two attached hydrogens (primary N) is 1. The van der Waals surface area contributed by atoms with Crippen molar-refractivity contribution < 1.29 is 14.8 Å². The van der Waals surface area contributed by atoms with E-state index in [-0.39, 0.29) is 11.9 Å². The highest BCUT2D eigenvalue weighted by atomic mass is 79.9. The maximum atomic E-state index is 12.1. The molecule has 0 heterocycles. The summed E-state index contributed by atoms with van der Waals surface area (Å²) in [6.45, 7) is 2.51. The number of anilines is 1. The van der Waals surface area contributed by atoms with Crippen molar-refractivity contribution in [3.63, 3.8) is 0 Å². The molecular weight excluding hydrogens is 356 g/mol. The van der Waals surface area contributed by atoms with E-state index >= 15 is 0 Å². The molecule has 1 atom stereocenters. The van der Waals surface area contributed by atoms with E-state index in [4.69, 9.17) is 4.74 Å². The van der Waals surface area contributed by atoms with Crippen LogP contribution in [-0.2, 0) is 4.79 Å². The molecule has 0 radical (unpaired) electrons. The number of benzene rings is 2. The summed E-state index contributed by atoms with van der Waals surface area (Å²) in [4.78, 5) is 12.1. The fraction of sp³-hybridized carbons (Fsp3) is 0.278. The van der Waals surface area contributed by atoms with Crippen LogP contribution < -0.4 is 15.4 Å². The molecule has 0 fully saturated rings. The van der Waals surface area contributed by atoms with Gasteiger partial charge >= 0.3 is 0 Å².